The molecular weight excluding hydrogens is 386 g/mol. The van der Waals surface area contributed by atoms with Crippen molar-refractivity contribution < 1.29 is 28.5 Å². The summed E-state index contributed by atoms with van der Waals surface area (Å²) in [6.45, 7) is 6.80. The van der Waals surface area contributed by atoms with E-state index in [1.807, 2.05) is 26.0 Å². The van der Waals surface area contributed by atoms with Crippen LogP contribution in [0.1, 0.15) is 57.1 Å². The van der Waals surface area contributed by atoms with Crippen molar-refractivity contribution in [3.63, 3.8) is 0 Å². The Kier molecular flexibility index (Phi) is 12.4. The minimum atomic E-state index is -0.104. The summed E-state index contributed by atoms with van der Waals surface area (Å²) >= 11 is 0. The Hall–Kier alpha value is -1.83. The van der Waals surface area contributed by atoms with Crippen LogP contribution in [0.3, 0.4) is 0 Å². The van der Waals surface area contributed by atoms with Crippen molar-refractivity contribution in [3.8, 4) is 11.5 Å². The Labute approximate surface area is 181 Å². The van der Waals surface area contributed by atoms with Crippen molar-refractivity contribution in [2.24, 2.45) is 11.8 Å². The number of nitrogens with one attached hydrogen (secondary N) is 1. The van der Waals surface area contributed by atoms with E-state index >= 15 is 0 Å². The third kappa shape index (κ3) is 6.59. The lowest BCUT2D eigenvalue weighted by Crippen LogP contribution is -2.30. The molecule has 0 aliphatic heterocycles. The van der Waals surface area contributed by atoms with Crippen LogP contribution in [0.2, 0.25) is 0 Å². The predicted molar refractivity (Wildman–Crippen MR) is 117 cm³/mol. The number of rotatable bonds is 11. The van der Waals surface area contributed by atoms with E-state index in [4.69, 9.17) is 23.7 Å². The predicted octanol–water partition coefficient (Wildman–Crippen LogP) is 4.09. The first-order valence-corrected chi connectivity index (χ1v) is 10.7. The van der Waals surface area contributed by atoms with E-state index in [1.54, 1.807) is 28.4 Å². The Morgan fingerprint density at radius 1 is 1.03 bits per heavy atom. The van der Waals surface area contributed by atoms with E-state index in [0.29, 0.717) is 24.0 Å². The fourth-order valence-corrected chi connectivity index (χ4v) is 4.19. The first-order valence-electron chi connectivity index (χ1n) is 10.7. The smallest absolute Gasteiger partial charge is 0.223 e. The third-order valence-electron chi connectivity index (χ3n) is 5.39. The maximum absolute atomic E-state index is 12.6. The summed E-state index contributed by atoms with van der Waals surface area (Å²) in [4.78, 5) is 12.6. The fraction of sp³-hybridized carbons (Fsp3) is 0.696. The first kappa shape index (κ1) is 26.2. The minimum Gasteiger partial charge on any atom is -0.468 e. The van der Waals surface area contributed by atoms with E-state index in [-0.39, 0.29) is 31.3 Å². The van der Waals surface area contributed by atoms with Crippen LogP contribution in [0.25, 0.3) is 0 Å². The van der Waals surface area contributed by atoms with Crippen LogP contribution in [0.5, 0.6) is 11.5 Å². The van der Waals surface area contributed by atoms with Gasteiger partial charge in [-0.1, -0.05) is 27.2 Å². The topological polar surface area (TPSA) is 75.3 Å². The number of methoxy groups -OCH3 is 3. The first-order chi connectivity index (χ1) is 14.6. The van der Waals surface area contributed by atoms with Crippen LogP contribution in [0.15, 0.2) is 12.1 Å². The highest BCUT2D eigenvalue weighted by atomic mass is 16.7. The SMILES string of the molecule is CC.CCC1CC[C@H](C(=O)NC)[C@@H]1c1cc(OCOC)cc(COC)c1OCOC. The number of carbonyl (C=O) groups excluding carboxylic acids is 1. The summed E-state index contributed by atoms with van der Waals surface area (Å²) in [5, 5.41) is 2.82. The van der Waals surface area contributed by atoms with E-state index in [1.165, 1.54) is 0 Å². The zero-order chi connectivity index (χ0) is 22.5. The maximum Gasteiger partial charge on any atom is 0.223 e. The van der Waals surface area contributed by atoms with E-state index in [2.05, 4.69) is 12.2 Å². The molecule has 1 unspecified atom stereocenters. The summed E-state index contributed by atoms with van der Waals surface area (Å²) < 4.78 is 27.3. The van der Waals surface area contributed by atoms with Gasteiger partial charge in [-0.3, -0.25) is 4.79 Å². The Morgan fingerprint density at radius 3 is 2.27 bits per heavy atom. The molecule has 2 rings (SSSR count). The molecule has 1 amide bonds. The van der Waals surface area contributed by atoms with Crippen molar-refractivity contribution in [1.82, 2.24) is 5.32 Å². The molecule has 1 aliphatic rings. The third-order valence-corrected chi connectivity index (χ3v) is 5.39. The average Bonchev–Trinajstić information content (AvgIpc) is 3.21. The van der Waals surface area contributed by atoms with E-state index < -0.39 is 0 Å². The molecule has 0 aromatic heterocycles. The van der Waals surface area contributed by atoms with Crippen molar-refractivity contribution >= 4 is 5.91 Å². The Morgan fingerprint density at radius 2 is 1.70 bits per heavy atom. The van der Waals surface area contributed by atoms with Gasteiger partial charge in [0.2, 0.25) is 5.91 Å². The molecule has 0 bridgehead atoms. The second kappa shape index (κ2) is 14.2. The van der Waals surface area contributed by atoms with Gasteiger partial charge in [-0.25, -0.2) is 0 Å². The summed E-state index contributed by atoms with van der Waals surface area (Å²) in [5.41, 5.74) is 1.83. The minimum absolute atomic E-state index is 0.0403. The van der Waals surface area contributed by atoms with Gasteiger partial charge in [-0.05, 0) is 30.9 Å². The van der Waals surface area contributed by atoms with Gasteiger partial charge in [0.25, 0.3) is 0 Å². The molecule has 1 aromatic carbocycles. The number of ether oxygens (including phenoxy) is 5. The zero-order valence-corrected chi connectivity index (χ0v) is 19.6. The molecule has 1 aromatic rings. The Bertz CT molecular complexity index is 636. The van der Waals surface area contributed by atoms with E-state index in [0.717, 1.165) is 30.4 Å². The molecule has 1 saturated carbocycles. The molecule has 1 N–H and O–H groups in total. The highest BCUT2D eigenvalue weighted by Gasteiger charge is 2.42. The average molecular weight is 426 g/mol. The van der Waals surface area contributed by atoms with Crippen LogP contribution >= 0.6 is 0 Å². The molecule has 0 heterocycles. The largest absolute Gasteiger partial charge is 0.468 e. The van der Waals surface area contributed by atoms with Gasteiger partial charge in [0.15, 0.2) is 13.6 Å². The monoisotopic (exact) mass is 425 g/mol. The molecule has 3 atom stereocenters. The van der Waals surface area contributed by atoms with E-state index in [9.17, 15) is 4.79 Å². The highest BCUT2D eigenvalue weighted by molar-refractivity contribution is 5.80. The summed E-state index contributed by atoms with van der Waals surface area (Å²) in [6.07, 6.45) is 2.85. The van der Waals surface area contributed by atoms with Crippen LogP contribution in [-0.2, 0) is 25.6 Å². The molecule has 7 heteroatoms. The normalized spacial score (nSPS) is 20.3. The van der Waals surface area contributed by atoms with Gasteiger partial charge in [-0.15, -0.1) is 0 Å². The summed E-state index contributed by atoms with van der Waals surface area (Å²) in [7, 11) is 6.50. The molecule has 1 aliphatic carbocycles. The molecule has 0 radical (unpaired) electrons. The lowest BCUT2D eigenvalue weighted by molar-refractivity contribution is -0.124. The second-order valence-electron chi connectivity index (χ2n) is 7.03. The number of hydrogen-bond donors (Lipinski definition) is 1. The van der Waals surface area contributed by atoms with Crippen LogP contribution in [0.4, 0.5) is 0 Å². The quantitative estimate of drug-likeness (QED) is 0.538. The lowest BCUT2D eigenvalue weighted by Gasteiger charge is -2.28. The van der Waals surface area contributed by atoms with Crippen molar-refractivity contribution in [3.05, 3.63) is 23.3 Å². The van der Waals surface area contributed by atoms with Crippen LogP contribution in [-0.4, -0.2) is 47.9 Å². The molecule has 0 spiro atoms. The molecule has 0 saturated heterocycles. The van der Waals surface area contributed by atoms with Gasteiger partial charge < -0.3 is 29.0 Å². The van der Waals surface area contributed by atoms with Crippen LogP contribution < -0.4 is 14.8 Å². The van der Waals surface area contributed by atoms with Crippen molar-refractivity contribution in [2.45, 2.75) is 52.6 Å². The van der Waals surface area contributed by atoms with Crippen molar-refractivity contribution in [1.29, 1.82) is 0 Å². The Balaban J connectivity index is 0.00000218. The molecular formula is C23H39NO6. The summed E-state index contributed by atoms with van der Waals surface area (Å²) in [5.74, 6) is 1.78. The standard InChI is InChI=1S/C21H33NO6.C2H6/c1-6-14-7-8-17(21(23)22-2)19(14)18-10-16(27-12-25-4)9-15(11-24-3)20(18)28-13-26-5;1-2/h9-10,14,17,19H,6-8,11-13H2,1-5H3,(H,22,23);1-2H3/t14?,17-,19+;/m0./s1. The number of benzene rings is 1. The van der Waals surface area contributed by atoms with Gasteiger partial charge in [0.1, 0.15) is 11.5 Å². The van der Waals surface area contributed by atoms with Gasteiger partial charge in [0, 0.05) is 51.3 Å². The van der Waals surface area contributed by atoms with Gasteiger partial charge in [-0.2, -0.15) is 0 Å². The lowest BCUT2D eigenvalue weighted by atomic mass is 9.80. The second-order valence-corrected chi connectivity index (χ2v) is 7.03. The molecule has 172 valence electrons. The van der Waals surface area contributed by atoms with Gasteiger partial charge in [0.05, 0.1) is 6.61 Å². The summed E-state index contributed by atoms with van der Waals surface area (Å²) in [6, 6.07) is 3.86. The fourth-order valence-electron chi connectivity index (χ4n) is 4.19. The zero-order valence-electron chi connectivity index (χ0n) is 19.6. The molecule has 7 nitrogen and oxygen atoms in total. The van der Waals surface area contributed by atoms with Crippen LogP contribution in [0, 0.1) is 11.8 Å². The number of amides is 1. The molecule has 30 heavy (non-hydrogen) atoms. The number of carbonyl (C=O) groups is 1. The number of hydrogen-bond acceptors (Lipinski definition) is 6. The maximum atomic E-state index is 12.6. The van der Waals surface area contributed by atoms with Gasteiger partial charge >= 0.3 is 0 Å². The molecule has 1 fully saturated rings. The highest BCUT2D eigenvalue weighted by Crippen LogP contribution is 2.50. The van der Waals surface area contributed by atoms with Crippen molar-refractivity contribution in [2.75, 3.05) is 42.0 Å².